The molecule has 0 radical (unpaired) electrons. The first-order valence-corrected chi connectivity index (χ1v) is 10.7. The maximum Gasteiger partial charge on any atom is 0.258 e. The molecule has 8 heteroatoms. The summed E-state index contributed by atoms with van der Waals surface area (Å²) >= 11 is 0. The lowest BCUT2D eigenvalue weighted by molar-refractivity contribution is -0.142. The molecule has 0 saturated carbocycles. The molecule has 2 aromatic carbocycles. The third kappa shape index (κ3) is 5.19. The molecule has 166 valence electrons. The number of aryl methyl sites for hydroxylation is 1. The third-order valence-corrected chi connectivity index (χ3v) is 5.62. The molecule has 7 nitrogen and oxygen atoms in total. The van der Waals surface area contributed by atoms with Crippen molar-refractivity contribution in [3.63, 3.8) is 0 Å². The van der Waals surface area contributed by atoms with Gasteiger partial charge < -0.3 is 14.3 Å². The van der Waals surface area contributed by atoms with Crippen molar-refractivity contribution in [3.8, 4) is 11.5 Å². The Morgan fingerprint density at radius 1 is 1.09 bits per heavy atom. The zero-order valence-corrected chi connectivity index (χ0v) is 17.9. The van der Waals surface area contributed by atoms with Crippen molar-refractivity contribution in [2.75, 3.05) is 19.6 Å². The first kappa shape index (κ1) is 21.7. The number of halogens is 1. The molecular formula is C24H25FN4O3. The van der Waals surface area contributed by atoms with Crippen LogP contribution >= 0.6 is 0 Å². The monoisotopic (exact) mass is 436 g/mol. The second kappa shape index (κ2) is 9.72. The van der Waals surface area contributed by atoms with Crippen LogP contribution in [0.25, 0.3) is 11.5 Å². The van der Waals surface area contributed by atoms with E-state index in [0.29, 0.717) is 38.0 Å². The van der Waals surface area contributed by atoms with Gasteiger partial charge in [0.05, 0.1) is 6.42 Å². The molecule has 3 aromatic rings. The Morgan fingerprint density at radius 2 is 1.91 bits per heavy atom. The zero-order valence-electron chi connectivity index (χ0n) is 17.9. The smallest absolute Gasteiger partial charge is 0.258 e. The summed E-state index contributed by atoms with van der Waals surface area (Å²) in [6.07, 6.45) is 1.15. The van der Waals surface area contributed by atoms with Crippen LogP contribution < -0.4 is 0 Å². The summed E-state index contributed by atoms with van der Waals surface area (Å²) < 4.78 is 18.6. The number of piperazine rings is 1. The molecule has 0 bridgehead atoms. The summed E-state index contributed by atoms with van der Waals surface area (Å²) in [7, 11) is 0. The summed E-state index contributed by atoms with van der Waals surface area (Å²) in [4.78, 5) is 33.2. The number of amides is 2. The third-order valence-electron chi connectivity index (χ3n) is 5.62. The van der Waals surface area contributed by atoms with Crippen LogP contribution in [0.3, 0.4) is 0 Å². The molecule has 4 rings (SSSR count). The Labute approximate surface area is 185 Å². The summed E-state index contributed by atoms with van der Waals surface area (Å²) in [5.41, 5.74) is 1.60. The van der Waals surface area contributed by atoms with Crippen LogP contribution in [0.15, 0.2) is 59.1 Å². The minimum atomic E-state index is -0.400. The molecule has 1 atom stereocenters. The number of carbonyl (C=O) groups excluding carboxylic acids is 2. The van der Waals surface area contributed by atoms with Crippen molar-refractivity contribution in [2.45, 2.75) is 32.2 Å². The zero-order chi connectivity index (χ0) is 22.5. The fourth-order valence-electron chi connectivity index (χ4n) is 3.91. The molecule has 1 aliphatic heterocycles. The van der Waals surface area contributed by atoms with E-state index in [4.69, 9.17) is 4.52 Å². The number of rotatable bonds is 6. The summed E-state index contributed by atoms with van der Waals surface area (Å²) in [6, 6.07) is 15.7. The lowest BCUT2D eigenvalue weighted by atomic mass is 10.1. The van der Waals surface area contributed by atoms with Gasteiger partial charge in [-0.05, 0) is 37.1 Å². The Kier molecular flexibility index (Phi) is 6.58. The largest absolute Gasteiger partial charge is 0.338 e. The van der Waals surface area contributed by atoms with Gasteiger partial charge in [-0.25, -0.2) is 4.39 Å². The van der Waals surface area contributed by atoms with Crippen molar-refractivity contribution in [1.82, 2.24) is 19.9 Å². The van der Waals surface area contributed by atoms with Gasteiger partial charge in [0.25, 0.3) is 5.89 Å². The molecule has 1 fully saturated rings. The predicted molar refractivity (Wildman–Crippen MR) is 116 cm³/mol. The van der Waals surface area contributed by atoms with Gasteiger partial charge in [0.2, 0.25) is 11.8 Å². The fourth-order valence-corrected chi connectivity index (χ4v) is 3.91. The molecule has 0 N–H and O–H groups in total. The molecule has 0 spiro atoms. The van der Waals surface area contributed by atoms with Gasteiger partial charge in [-0.15, -0.1) is 0 Å². The van der Waals surface area contributed by atoms with Crippen LogP contribution in [0, 0.1) is 5.82 Å². The van der Waals surface area contributed by atoms with Gasteiger partial charge in [-0.3, -0.25) is 9.59 Å². The molecule has 0 aliphatic carbocycles. The topological polar surface area (TPSA) is 79.5 Å². The predicted octanol–water partition coefficient (Wildman–Crippen LogP) is 3.11. The van der Waals surface area contributed by atoms with E-state index >= 15 is 0 Å². The summed E-state index contributed by atoms with van der Waals surface area (Å²) in [5.74, 6) is 0.00691. The van der Waals surface area contributed by atoms with E-state index < -0.39 is 5.82 Å². The lowest BCUT2D eigenvalue weighted by Crippen LogP contribution is -2.55. The van der Waals surface area contributed by atoms with E-state index in [1.807, 2.05) is 42.2 Å². The van der Waals surface area contributed by atoms with Gasteiger partial charge in [0.1, 0.15) is 5.82 Å². The average molecular weight is 436 g/mol. The summed E-state index contributed by atoms with van der Waals surface area (Å²) in [5, 5.41) is 3.85. The number of hydrogen-bond acceptors (Lipinski definition) is 5. The quantitative estimate of drug-likeness (QED) is 0.593. The van der Waals surface area contributed by atoms with Crippen LogP contribution in [0.2, 0.25) is 0 Å². The van der Waals surface area contributed by atoms with Gasteiger partial charge in [0.15, 0.2) is 5.82 Å². The van der Waals surface area contributed by atoms with Crippen LogP contribution in [0.4, 0.5) is 4.39 Å². The second-order valence-electron chi connectivity index (χ2n) is 7.96. The van der Waals surface area contributed by atoms with Gasteiger partial charge in [0, 0.05) is 37.7 Å². The minimum absolute atomic E-state index is 0.00646. The SMILES string of the molecule is CC1CN(C(=O)Cc2noc(-c3cccc(F)c3)n2)CCN1C(=O)CCc1ccccc1. The maximum absolute atomic E-state index is 13.4. The Morgan fingerprint density at radius 3 is 2.66 bits per heavy atom. The highest BCUT2D eigenvalue weighted by molar-refractivity contribution is 5.80. The van der Waals surface area contributed by atoms with E-state index in [1.165, 1.54) is 12.1 Å². The molecule has 2 amide bonds. The van der Waals surface area contributed by atoms with Crippen LogP contribution in [0.5, 0.6) is 0 Å². The van der Waals surface area contributed by atoms with Gasteiger partial charge in [-0.1, -0.05) is 41.6 Å². The summed E-state index contributed by atoms with van der Waals surface area (Å²) in [6.45, 7) is 3.39. The van der Waals surface area contributed by atoms with E-state index in [1.54, 1.807) is 17.0 Å². The Bertz CT molecular complexity index is 1090. The molecule has 1 unspecified atom stereocenters. The highest BCUT2D eigenvalue weighted by Crippen LogP contribution is 2.19. The Hall–Kier alpha value is -3.55. The number of benzene rings is 2. The minimum Gasteiger partial charge on any atom is -0.338 e. The van der Waals surface area contributed by atoms with E-state index in [-0.39, 0.29) is 36.0 Å². The molecular weight excluding hydrogens is 411 g/mol. The Balaban J connectivity index is 1.29. The van der Waals surface area contributed by atoms with E-state index in [9.17, 15) is 14.0 Å². The molecule has 2 heterocycles. The highest BCUT2D eigenvalue weighted by Gasteiger charge is 2.30. The number of nitrogens with zero attached hydrogens (tertiary/aromatic N) is 4. The van der Waals surface area contributed by atoms with Gasteiger partial charge in [-0.2, -0.15) is 4.98 Å². The first-order chi connectivity index (χ1) is 15.5. The van der Waals surface area contributed by atoms with Crippen molar-refractivity contribution >= 4 is 11.8 Å². The van der Waals surface area contributed by atoms with Gasteiger partial charge >= 0.3 is 0 Å². The fraction of sp³-hybridized carbons (Fsp3) is 0.333. The van der Waals surface area contributed by atoms with Crippen LogP contribution in [-0.2, 0) is 22.4 Å². The average Bonchev–Trinajstić information content (AvgIpc) is 3.26. The normalized spacial score (nSPS) is 16.2. The number of carbonyl (C=O) groups is 2. The van der Waals surface area contributed by atoms with Crippen molar-refractivity contribution in [3.05, 3.63) is 71.8 Å². The number of hydrogen-bond donors (Lipinski definition) is 0. The van der Waals surface area contributed by atoms with Crippen molar-refractivity contribution in [1.29, 1.82) is 0 Å². The first-order valence-electron chi connectivity index (χ1n) is 10.7. The molecule has 1 aliphatic rings. The van der Waals surface area contributed by atoms with E-state index in [0.717, 1.165) is 5.56 Å². The maximum atomic E-state index is 13.4. The standard InChI is InChI=1S/C24H25FN4O3/c1-17-16-28(12-13-29(17)22(30)11-10-18-6-3-2-4-7-18)23(31)15-21-26-24(32-27-21)19-8-5-9-20(25)14-19/h2-9,14,17H,10-13,15-16H2,1H3. The van der Waals surface area contributed by atoms with Crippen LogP contribution in [-0.4, -0.2) is 57.4 Å². The molecule has 32 heavy (non-hydrogen) atoms. The van der Waals surface area contributed by atoms with Crippen LogP contribution in [0.1, 0.15) is 24.7 Å². The second-order valence-corrected chi connectivity index (χ2v) is 7.96. The highest BCUT2D eigenvalue weighted by atomic mass is 19.1. The molecule has 1 saturated heterocycles. The number of aromatic nitrogens is 2. The lowest BCUT2D eigenvalue weighted by Gasteiger charge is -2.40. The van der Waals surface area contributed by atoms with Crippen molar-refractivity contribution < 1.29 is 18.5 Å². The van der Waals surface area contributed by atoms with E-state index in [2.05, 4.69) is 10.1 Å². The van der Waals surface area contributed by atoms with Crippen molar-refractivity contribution in [2.24, 2.45) is 0 Å². The molecule has 1 aromatic heterocycles.